The molecule has 0 spiro atoms. The van der Waals surface area contributed by atoms with Crippen LogP contribution in [0.1, 0.15) is 106 Å². The van der Waals surface area contributed by atoms with Gasteiger partial charge in [-0.2, -0.15) is 0 Å². The van der Waals surface area contributed by atoms with E-state index in [0.29, 0.717) is 30.2 Å². The highest BCUT2D eigenvalue weighted by atomic mass is 16.5. The number of nitrogens with zero attached hydrogens (tertiary/aromatic N) is 1. The van der Waals surface area contributed by atoms with E-state index in [9.17, 15) is 9.59 Å². The fourth-order valence-corrected chi connectivity index (χ4v) is 5.59. The predicted molar refractivity (Wildman–Crippen MR) is 157 cm³/mol. The zero-order valence-electron chi connectivity index (χ0n) is 23.4. The van der Waals surface area contributed by atoms with E-state index in [1.165, 1.54) is 30.6 Å². The van der Waals surface area contributed by atoms with Crippen molar-refractivity contribution in [2.24, 2.45) is 5.92 Å². The van der Waals surface area contributed by atoms with Crippen LogP contribution in [0.5, 0.6) is 5.75 Å². The maximum Gasteiger partial charge on any atom is 0.261 e. The van der Waals surface area contributed by atoms with Gasteiger partial charge in [0.1, 0.15) is 5.75 Å². The van der Waals surface area contributed by atoms with Crippen molar-refractivity contribution in [1.82, 2.24) is 4.90 Å². The van der Waals surface area contributed by atoms with Crippen molar-refractivity contribution in [3.05, 3.63) is 65.7 Å². The molecule has 0 aromatic heterocycles. The summed E-state index contributed by atoms with van der Waals surface area (Å²) in [5, 5.41) is 1.61. The third kappa shape index (κ3) is 6.11. The summed E-state index contributed by atoms with van der Waals surface area (Å²) in [6, 6.07) is 17.9. The largest absolute Gasteiger partial charge is 0.493 e. The molecule has 0 aliphatic carbocycles. The van der Waals surface area contributed by atoms with E-state index in [4.69, 9.17) is 4.74 Å². The van der Waals surface area contributed by atoms with Crippen LogP contribution in [0.15, 0.2) is 54.6 Å². The fraction of sp³-hybridized carbons (Fsp3) is 0.471. The maximum atomic E-state index is 13.7. The molecule has 1 aliphatic rings. The summed E-state index contributed by atoms with van der Waals surface area (Å²) >= 11 is 0. The molecule has 1 atom stereocenters. The van der Waals surface area contributed by atoms with E-state index in [2.05, 4.69) is 32.9 Å². The lowest BCUT2D eigenvalue weighted by Gasteiger charge is -2.31. The van der Waals surface area contributed by atoms with E-state index >= 15 is 0 Å². The van der Waals surface area contributed by atoms with Gasteiger partial charge in [0.25, 0.3) is 11.8 Å². The van der Waals surface area contributed by atoms with E-state index in [0.717, 1.165) is 66.2 Å². The molecule has 4 rings (SSSR count). The third-order valence-corrected chi connectivity index (χ3v) is 7.90. The Morgan fingerprint density at radius 1 is 0.684 bits per heavy atom. The van der Waals surface area contributed by atoms with Gasteiger partial charge in [-0.3, -0.25) is 14.5 Å². The lowest BCUT2D eigenvalue weighted by atomic mass is 9.87. The Hall–Kier alpha value is -3.14. The Balaban J connectivity index is 1.70. The highest BCUT2D eigenvalue weighted by molar-refractivity contribution is 6.27. The van der Waals surface area contributed by atoms with Crippen LogP contribution in [0.3, 0.4) is 0 Å². The molecule has 4 nitrogen and oxygen atoms in total. The number of imide groups is 1. The number of carbonyl (C=O) groups is 2. The quantitative estimate of drug-likeness (QED) is 0.150. The summed E-state index contributed by atoms with van der Waals surface area (Å²) < 4.78 is 6.35. The molecule has 3 aromatic carbocycles. The average molecular weight is 514 g/mol. The number of rotatable bonds is 15. The molecule has 0 saturated heterocycles. The summed E-state index contributed by atoms with van der Waals surface area (Å²) in [5.41, 5.74) is 3.25. The van der Waals surface area contributed by atoms with Crippen molar-refractivity contribution < 1.29 is 14.3 Å². The van der Waals surface area contributed by atoms with Crippen LogP contribution in [-0.4, -0.2) is 29.9 Å². The van der Waals surface area contributed by atoms with E-state index in [1.54, 1.807) is 0 Å². The molecule has 0 N–H and O–H groups in total. The van der Waals surface area contributed by atoms with Gasteiger partial charge >= 0.3 is 0 Å². The fourth-order valence-electron chi connectivity index (χ4n) is 5.59. The van der Waals surface area contributed by atoms with Gasteiger partial charge in [-0.15, -0.1) is 0 Å². The number of hydrogen-bond acceptors (Lipinski definition) is 3. The van der Waals surface area contributed by atoms with Crippen LogP contribution in [0.25, 0.3) is 21.9 Å². The maximum absolute atomic E-state index is 13.7. The molecule has 0 saturated carbocycles. The van der Waals surface area contributed by atoms with E-state index < -0.39 is 0 Å². The predicted octanol–water partition coefficient (Wildman–Crippen LogP) is 9.06. The SMILES string of the molecule is CCCCCCCCOc1ccc2c3c(ccc(-c4ccccc4)c13)C(=O)N(CC(CC)CCCC)C2=O. The van der Waals surface area contributed by atoms with Gasteiger partial charge in [-0.05, 0) is 48.1 Å². The molecular formula is C34H43NO3. The van der Waals surface area contributed by atoms with Gasteiger partial charge in [0, 0.05) is 28.4 Å². The van der Waals surface area contributed by atoms with Gasteiger partial charge in [0.15, 0.2) is 0 Å². The molecule has 4 heteroatoms. The zero-order chi connectivity index (χ0) is 26.9. The Labute approximate surface area is 228 Å². The molecule has 3 aromatic rings. The topological polar surface area (TPSA) is 46.6 Å². The minimum atomic E-state index is -0.185. The van der Waals surface area contributed by atoms with Crippen molar-refractivity contribution in [2.45, 2.75) is 85.0 Å². The first-order chi connectivity index (χ1) is 18.6. The highest BCUT2D eigenvalue weighted by Gasteiger charge is 2.35. The number of ether oxygens (including phenoxy) is 1. The Kier molecular flexibility index (Phi) is 9.98. The molecule has 1 aliphatic heterocycles. The lowest BCUT2D eigenvalue weighted by Crippen LogP contribution is -2.43. The molecule has 2 amide bonds. The van der Waals surface area contributed by atoms with Crippen molar-refractivity contribution >= 4 is 22.6 Å². The molecule has 38 heavy (non-hydrogen) atoms. The van der Waals surface area contributed by atoms with Gasteiger partial charge < -0.3 is 4.74 Å². The molecule has 1 unspecified atom stereocenters. The van der Waals surface area contributed by atoms with Crippen LogP contribution in [0, 0.1) is 5.92 Å². The highest BCUT2D eigenvalue weighted by Crippen LogP contribution is 2.42. The lowest BCUT2D eigenvalue weighted by molar-refractivity contribution is 0.0580. The number of carbonyl (C=O) groups excluding carboxylic acids is 2. The van der Waals surface area contributed by atoms with Crippen molar-refractivity contribution in [3.63, 3.8) is 0 Å². The Morgan fingerprint density at radius 3 is 2.00 bits per heavy atom. The average Bonchev–Trinajstić information content (AvgIpc) is 2.95. The Bertz CT molecular complexity index is 1210. The van der Waals surface area contributed by atoms with Crippen molar-refractivity contribution in [2.75, 3.05) is 13.2 Å². The summed E-state index contributed by atoms with van der Waals surface area (Å²) in [6.07, 6.45) is 11.4. The molecule has 1 heterocycles. The zero-order valence-corrected chi connectivity index (χ0v) is 23.4. The van der Waals surface area contributed by atoms with Gasteiger partial charge in [-0.1, -0.05) is 109 Å². The first-order valence-corrected chi connectivity index (χ1v) is 14.7. The summed E-state index contributed by atoms with van der Waals surface area (Å²) in [7, 11) is 0. The van der Waals surface area contributed by atoms with Gasteiger partial charge in [-0.25, -0.2) is 0 Å². The van der Waals surface area contributed by atoms with E-state index in [-0.39, 0.29) is 11.8 Å². The second-order valence-corrected chi connectivity index (χ2v) is 10.6. The van der Waals surface area contributed by atoms with Crippen molar-refractivity contribution in [3.8, 4) is 16.9 Å². The number of amides is 2. The first-order valence-electron chi connectivity index (χ1n) is 14.7. The van der Waals surface area contributed by atoms with Crippen LogP contribution < -0.4 is 4.74 Å². The molecule has 0 bridgehead atoms. The van der Waals surface area contributed by atoms with E-state index in [1.807, 2.05) is 42.5 Å². The van der Waals surface area contributed by atoms with Gasteiger partial charge in [0.2, 0.25) is 0 Å². The first kappa shape index (κ1) is 27.9. The number of hydrogen-bond donors (Lipinski definition) is 0. The molecule has 0 radical (unpaired) electrons. The molecule has 0 fully saturated rings. The monoisotopic (exact) mass is 513 g/mol. The van der Waals surface area contributed by atoms with Crippen LogP contribution in [-0.2, 0) is 0 Å². The number of benzene rings is 3. The van der Waals surface area contributed by atoms with Gasteiger partial charge in [0.05, 0.1) is 6.61 Å². The smallest absolute Gasteiger partial charge is 0.261 e. The van der Waals surface area contributed by atoms with Crippen LogP contribution >= 0.6 is 0 Å². The summed E-state index contributed by atoms with van der Waals surface area (Å²) in [5.74, 6) is 0.704. The molecular weight excluding hydrogens is 470 g/mol. The second-order valence-electron chi connectivity index (χ2n) is 10.6. The minimum Gasteiger partial charge on any atom is -0.493 e. The summed E-state index contributed by atoms with van der Waals surface area (Å²) in [6.45, 7) is 7.66. The normalized spacial score (nSPS) is 13.8. The third-order valence-electron chi connectivity index (χ3n) is 7.90. The standard InChI is InChI=1S/C34H43NO3/c1-4-7-9-10-11-15-23-38-30-22-21-29-31-28(20-19-27(32(30)31)26-17-13-12-14-18-26)33(36)35(34(29)37)24-25(6-3)16-8-5-2/h12-14,17-22,25H,4-11,15-16,23-24H2,1-3H3. The summed E-state index contributed by atoms with van der Waals surface area (Å²) in [4.78, 5) is 29.0. The Morgan fingerprint density at radius 2 is 1.32 bits per heavy atom. The van der Waals surface area contributed by atoms with Crippen LogP contribution in [0.4, 0.5) is 0 Å². The second kappa shape index (κ2) is 13.6. The van der Waals surface area contributed by atoms with Crippen LogP contribution in [0.2, 0.25) is 0 Å². The molecule has 202 valence electrons. The van der Waals surface area contributed by atoms with Crippen molar-refractivity contribution in [1.29, 1.82) is 0 Å². The number of unbranched alkanes of at least 4 members (excludes halogenated alkanes) is 6. The minimum absolute atomic E-state index is 0.185.